The summed E-state index contributed by atoms with van der Waals surface area (Å²) in [6.45, 7) is 2.02. The summed E-state index contributed by atoms with van der Waals surface area (Å²) >= 11 is 0. The minimum Gasteiger partial charge on any atom is -0.480 e. The van der Waals surface area contributed by atoms with E-state index in [-0.39, 0.29) is 12.5 Å². The van der Waals surface area contributed by atoms with Crippen molar-refractivity contribution in [1.82, 2.24) is 4.90 Å². The van der Waals surface area contributed by atoms with Crippen LogP contribution in [0.25, 0.3) is 0 Å². The number of nitrogens with zero attached hydrogens (tertiary/aromatic N) is 1. The zero-order valence-corrected chi connectivity index (χ0v) is 16.2. The van der Waals surface area contributed by atoms with Gasteiger partial charge in [0.1, 0.15) is 6.54 Å². The van der Waals surface area contributed by atoms with Gasteiger partial charge in [-0.2, -0.15) is 0 Å². The molecular formula is C21H37NO3. The van der Waals surface area contributed by atoms with E-state index in [1.54, 1.807) is 7.05 Å². The number of rotatable bonds is 16. The van der Waals surface area contributed by atoms with Crippen LogP contribution in [-0.2, 0) is 9.59 Å². The molecule has 0 fully saturated rings. The highest BCUT2D eigenvalue weighted by atomic mass is 16.4. The van der Waals surface area contributed by atoms with Gasteiger partial charge in [0.25, 0.3) is 0 Å². The fourth-order valence-electron chi connectivity index (χ4n) is 2.57. The molecule has 4 heteroatoms. The van der Waals surface area contributed by atoms with E-state index in [2.05, 4.69) is 31.2 Å². The average molecular weight is 352 g/mol. The molecule has 0 saturated heterocycles. The molecule has 25 heavy (non-hydrogen) atoms. The lowest BCUT2D eigenvalue weighted by Crippen LogP contribution is -2.31. The monoisotopic (exact) mass is 351 g/mol. The SMILES string of the molecule is CCCCC/C=C\C/C=C\CCCCCCCC(=O)N(C)CC(=O)O. The molecule has 4 nitrogen and oxygen atoms in total. The molecule has 0 aromatic rings. The first kappa shape index (κ1) is 23.4. The minimum absolute atomic E-state index is 0.0758. The summed E-state index contributed by atoms with van der Waals surface area (Å²) in [6, 6.07) is 0. The van der Waals surface area contributed by atoms with Gasteiger partial charge in [-0.15, -0.1) is 0 Å². The number of carbonyl (C=O) groups is 2. The summed E-state index contributed by atoms with van der Waals surface area (Å²) in [7, 11) is 1.54. The number of unbranched alkanes of at least 4 members (excludes halogenated alkanes) is 8. The second kappa shape index (κ2) is 17.2. The molecule has 1 amide bonds. The van der Waals surface area contributed by atoms with E-state index in [1.807, 2.05) is 0 Å². The van der Waals surface area contributed by atoms with Crippen LogP contribution in [0.4, 0.5) is 0 Å². The van der Waals surface area contributed by atoms with Crippen molar-refractivity contribution in [2.75, 3.05) is 13.6 Å². The molecule has 0 aliphatic heterocycles. The summed E-state index contributed by atoms with van der Waals surface area (Å²) < 4.78 is 0. The van der Waals surface area contributed by atoms with Gasteiger partial charge in [-0.1, -0.05) is 63.3 Å². The third-order valence-corrected chi connectivity index (χ3v) is 4.14. The summed E-state index contributed by atoms with van der Waals surface area (Å²) in [4.78, 5) is 23.5. The third-order valence-electron chi connectivity index (χ3n) is 4.14. The Hall–Kier alpha value is -1.58. The van der Waals surface area contributed by atoms with Crippen molar-refractivity contribution in [3.05, 3.63) is 24.3 Å². The maximum Gasteiger partial charge on any atom is 0.323 e. The number of hydrogen-bond donors (Lipinski definition) is 1. The summed E-state index contributed by atoms with van der Waals surface area (Å²) in [5.74, 6) is -1.04. The van der Waals surface area contributed by atoms with Crippen molar-refractivity contribution in [1.29, 1.82) is 0 Å². The Morgan fingerprint density at radius 2 is 1.40 bits per heavy atom. The Balaban J connectivity index is 3.39. The lowest BCUT2D eigenvalue weighted by atomic mass is 10.1. The number of likely N-dealkylation sites (N-methyl/N-ethyl adjacent to an activating group) is 1. The van der Waals surface area contributed by atoms with Crippen molar-refractivity contribution in [3.63, 3.8) is 0 Å². The minimum atomic E-state index is -0.962. The van der Waals surface area contributed by atoms with Gasteiger partial charge in [0.2, 0.25) is 5.91 Å². The van der Waals surface area contributed by atoms with Gasteiger partial charge in [0.15, 0.2) is 0 Å². The smallest absolute Gasteiger partial charge is 0.323 e. The highest BCUT2D eigenvalue weighted by molar-refractivity contribution is 5.80. The van der Waals surface area contributed by atoms with E-state index in [4.69, 9.17) is 5.11 Å². The Labute approximate surface area is 154 Å². The predicted octanol–water partition coefficient (Wildman–Crippen LogP) is 5.34. The normalized spacial score (nSPS) is 11.4. The quantitative estimate of drug-likeness (QED) is 0.301. The van der Waals surface area contributed by atoms with Crippen molar-refractivity contribution in [3.8, 4) is 0 Å². The molecule has 0 aliphatic rings. The number of hydrogen-bond acceptors (Lipinski definition) is 2. The zero-order valence-electron chi connectivity index (χ0n) is 16.2. The van der Waals surface area contributed by atoms with Crippen LogP contribution in [0.3, 0.4) is 0 Å². The van der Waals surface area contributed by atoms with Gasteiger partial charge in [-0.3, -0.25) is 9.59 Å². The molecule has 0 aromatic carbocycles. The first-order valence-corrected chi connectivity index (χ1v) is 9.83. The maximum atomic E-state index is 11.7. The average Bonchev–Trinajstić information content (AvgIpc) is 2.57. The van der Waals surface area contributed by atoms with E-state index in [0.717, 1.165) is 32.1 Å². The Bertz CT molecular complexity index is 402. The highest BCUT2D eigenvalue weighted by Crippen LogP contribution is 2.09. The van der Waals surface area contributed by atoms with Gasteiger partial charge in [-0.25, -0.2) is 0 Å². The van der Waals surface area contributed by atoms with Gasteiger partial charge >= 0.3 is 5.97 Å². The molecule has 0 heterocycles. The summed E-state index contributed by atoms with van der Waals surface area (Å²) in [5, 5.41) is 8.63. The van der Waals surface area contributed by atoms with Crippen molar-refractivity contribution >= 4 is 11.9 Å². The topological polar surface area (TPSA) is 57.6 Å². The molecule has 0 atom stereocenters. The lowest BCUT2D eigenvalue weighted by molar-refractivity contribution is -0.143. The molecule has 0 saturated carbocycles. The number of carboxylic acid groups (broad SMARTS) is 1. The summed E-state index contributed by atoms with van der Waals surface area (Å²) in [6.07, 6.45) is 22.2. The molecule has 0 radical (unpaired) electrons. The number of allylic oxidation sites excluding steroid dienone is 4. The van der Waals surface area contributed by atoms with Crippen LogP contribution in [0.1, 0.15) is 84.0 Å². The fraction of sp³-hybridized carbons (Fsp3) is 0.714. The van der Waals surface area contributed by atoms with E-state index in [1.165, 1.54) is 43.4 Å². The molecule has 1 N–H and O–H groups in total. The molecule has 0 aliphatic carbocycles. The van der Waals surface area contributed by atoms with Gasteiger partial charge in [0.05, 0.1) is 0 Å². The summed E-state index contributed by atoms with van der Waals surface area (Å²) in [5.41, 5.74) is 0. The second-order valence-electron chi connectivity index (χ2n) is 6.62. The van der Waals surface area contributed by atoms with Crippen LogP contribution in [-0.4, -0.2) is 35.5 Å². The molecule has 0 aromatic heterocycles. The largest absolute Gasteiger partial charge is 0.480 e. The van der Waals surface area contributed by atoms with Crippen LogP contribution >= 0.6 is 0 Å². The van der Waals surface area contributed by atoms with Crippen molar-refractivity contribution in [2.45, 2.75) is 84.0 Å². The molecule has 0 unspecified atom stereocenters. The molecular weight excluding hydrogens is 314 g/mol. The first-order chi connectivity index (χ1) is 12.1. The van der Waals surface area contributed by atoms with Gasteiger partial charge in [-0.05, 0) is 38.5 Å². The maximum absolute atomic E-state index is 11.7. The van der Waals surface area contributed by atoms with Crippen LogP contribution < -0.4 is 0 Å². The second-order valence-corrected chi connectivity index (χ2v) is 6.62. The van der Waals surface area contributed by atoms with E-state index >= 15 is 0 Å². The number of aliphatic carboxylic acids is 1. The van der Waals surface area contributed by atoms with Gasteiger partial charge in [0, 0.05) is 13.5 Å². The fourth-order valence-corrected chi connectivity index (χ4v) is 2.57. The van der Waals surface area contributed by atoms with Crippen LogP contribution in [0.5, 0.6) is 0 Å². The number of carboxylic acids is 1. The standard InChI is InChI=1S/C21H37NO3/c1-3-4-5-6-7-8-9-10-11-12-13-14-15-16-17-18-20(23)22(2)19-21(24)25/h7-8,10-11H,3-6,9,12-19H2,1-2H3,(H,24,25)/b8-7-,11-10-. The Morgan fingerprint density at radius 1 is 0.840 bits per heavy atom. The van der Waals surface area contributed by atoms with Gasteiger partial charge < -0.3 is 10.0 Å². The first-order valence-electron chi connectivity index (χ1n) is 9.83. The highest BCUT2D eigenvalue weighted by Gasteiger charge is 2.10. The van der Waals surface area contributed by atoms with E-state index in [9.17, 15) is 9.59 Å². The molecule has 0 rings (SSSR count). The van der Waals surface area contributed by atoms with E-state index in [0.29, 0.717) is 6.42 Å². The zero-order chi connectivity index (χ0) is 18.8. The third kappa shape index (κ3) is 17.0. The van der Waals surface area contributed by atoms with Crippen LogP contribution in [0.15, 0.2) is 24.3 Å². The number of amides is 1. The molecule has 144 valence electrons. The number of carbonyl (C=O) groups excluding carboxylic acids is 1. The molecule has 0 spiro atoms. The van der Waals surface area contributed by atoms with Crippen molar-refractivity contribution < 1.29 is 14.7 Å². The Kier molecular flexibility index (Phi) is 16.2. The van der Waals surface area contributed by atoms with Crippen LogP contribution in [0.2, 0.25) is 0 Å². The lowest BCUT2D eigenvalue weighted by Gasteiger charge is -2.14. The van der Waals surface area contributed by atoms with Crippen molar-refractivity contribution in [2.24, 2.45) is 0 Å². The predicted molar refractivity (Wildman–Crippen MR) is 105 cm³/mol. The molecule has 0 bridgehead atoms. The van der Waals surface area contributed by atoms with Crippen LogP contribution in [0, 0.1) is 0 Å². The van der Waals surface area contributed by atoms with E-state index < -0.39 is 5.97 Å². The Morgan fingerprint density at radius 3 is 2.00 bits per heavy atom.